The van der Waals surface area contributed by atoms with Crippen LogP contribution in [0.2, 0.25) is 5.02 Å². The summed E-state index contributed by atoms with van der Waals surface area (Å²) in [6, 6.07) is 16.7. The predicted molar refractivity (Wildman–Crippen MR) is 120 cm³/mol. The summed E-state index contributed by atoms with van der Waals surface area (Å²) in [6.45, 7) is 4.58. The van der Waals surface area contributed by atoms with Gasteiger partial charge in [0.25, 0.3) is 5.91 Å². The molecule has 1 amide bonds. The minimum Gasteiger partial charge on any atom is -0.497 e. The molecule has 2 heterocycles. The first-order valence-corrected chi connectivity index (χ1v) is 10.6. The normalized spacial score (nSPS) is 14.4. The van der Waals surface area contributed by atoms with Gasteiger partial charge in [-0.05, 0) is 48.5 Å². The number of carbonyl (C=O) groups is 1. The fourth-order valence-corrected chi connectivity index (χ4v) is 3.68. The quantitative estimate of drug-likeness (QED) is 0.610. The lowest BCUT2D eigenvalue weighted by molar-refractivity contribution is 0.0383. The first-order valence-electron chi connectivity index (χ1n) is 10.2. The van der Waals surface area contributed by atoms with Crippen molar-refractivity contribution >= 4 is 17.5 Å². The van der Waals surface area contributed by atoms with Gasteiger partial charge in [0.05, 0.1) is 31.7 Å². The van der Waals surface area contributed by atoms with Gasteiger partial charge < -0.3 is 14.8 Å². The highest BCUT2D eigenvalue weighted by atomic mass is 35.5. The summed E-state index contributed by atoms with van der Waals surface area (Å²) in [4.78, 5) is 15.3. The van der Waals surface area contributed by atoms with Crippen molar-refractivity contribution in [1.29, 1.82) is 0 Å². The Kier molecular flexibility index (Phi) is 6.86. The molecule has 2 aromatic carbocycles. The number of methoxy groups -OCH3 is 1. The standard InChI is InChI=1S/C23H25ClN4O3/c1-30-20-7-5-17(6-8-20)21-16-22(28(26-21)19-4-2-3-18(24)15-19)23(29)25-9-10-27-11-13-31-14-12-27/h2-8,15-16H,9-14H2,1H3,(H,25,29). The number of halogens is 1. The van der Waals surface area contributed by atoms with Crippen molar-refractivity contribution in [2.45, 2.75) is 0 Å². The molecule has 0 bridgehead atoms. The maximum atomic E-state index is 13.0. The second kappa shape index (κ2) is 9.96. The number of carbonyl (C=O) groups excluding carboxylic acids is 1. The van der Waals surface area contributed by atoms with E-state index in [0.29, 0.717) is 23.0 Å². The van der Waals surface area contributed by atoms with Gasteiger partial charge in [0.1, 0.15) is 11.4 Å². The summed E-state index contributed by atoms with van der Waals surface area (Å²) in [6.07, 6.45) is 0. The van der Waals surface area contributed by atoms with E-state index < -0.39 is 0 Å². The van der Waals surface area contributed by atoms with Gasteiger partial charge in [0.2, 0.25) is 0 Å². The van der Waals surface area contributed by atoms with Crippen LogP contribution in [0.15, 0.2) is 54.6 Å². The van der Waals surface area contributed by atoms with E-state index in [2.05, 4.69) is 10.2 Å². The smallest absolute Gasteiger partial charge is 0.270 e. The van der Waals surface area contributed by atoms with Crippen LogP contribution in [0.3, 0.4) is 0 Å². The van der Waals surface area contributed by atoms with Gasteiger partial charge >= 0.3 is 0 Å². The highest BCUT2D eigenvalue weighted by Crippen LogP contribution is 2.25. The summed E-state index contributed by atoms with van der Waals surface area (Å²) in [5, 5.41) is 8.30. The molecule has 31 heavy (non-hydrogen) atoms. The molecular weight excluding hydrogens is 416 g/mol. The molecule has 162 valence electrons. The molecule has 0 aliphatic carbocycles. The summed E-state index contributed by atoms with van der Waals surface area (Å²) >= 11 is 6.18. The first-order chi connectivity index (χ1) is 15.1. The monoisotopic (exact) mass is 440 g/mol. The van der Waals surface area contributed by atoms with Crippen LogP contribution < -0.4 is 10.1 Å². The number of rotatable bonds is 7. The first kappa shape index (κ1) is 21.4. The largest absolute Gasteiger partial charge is 0.497 e. The number of aromatic nitrogens is 2. The van der Waals surface area contributed by atoms with E-state index in [1.54, 1.807) is 30.0 Å². The van der Waals surface area contributed by atoms with Crippen LogP contribution >= 0.6 is 11.6 Å². The van der Waals surface area contributed by atoms with Crippen molar-refractivity contribution in [2.75, 3.05) is 46.5 Å². The Hall–Kier alpha value is -2.87. The number of nitrogens with one attached hydrogen (secondary N) is 1. The summed E-state index contributed by atoms with van der Waals surface area (Å²) in [5.74, 6) is 0.583. The topological polar surface area (TPSA) is 68.6 Å². The molecule has 0 spiro atoms. The van der Waals surface area contributed by atoms with Gasteiger partial charge in [-0.3, -0.25) is 9.69 Å². The Morgan fingerprint density at radius 1 is 1.16 bits per heavy atom. The summed E-state index contributed by atoms with van der Waals surface area (Å²) < 4.78 is 12.2. The molecule has 1 aliphatic rings. The summed E-state index contributed by atoms with van der Waals surface area (Å²) in [5.41, 5.74) is 2.77. The van der Waals surface area contributed by atoms with Gasteiger partial charge in [-0.25, -0.2) is 4.68 Å². The van der Waals surface area contributed by atoms with Crippen LogP contribution in [0.25, 0.3) is 16.9 Å². The van der Waals surface area contributed by atoms with Crippen molar-refractivity contribution in [3.63, 3.8) is 0 Å². The van der Waals surface area contributed by atoms with Gasteiger partial charge in [0.15, 0.2) is 0 Å². The minimum atomic E-state index is -0.180. The molecule has 1 fully saturated rings. The third-order valence-electron chi connectivity index (χ3n) is 5.20. The predicted octanol–water partition coefficient (Wildman–Crippen LogP) is 3.26. The number of ether oxygens (including phenoxy) is 2. The molecule has 8 heteroatoms. The molecule has 7 nitrogen and oxygen atoms in total. The van der Waals surface area contributed by atoms with Gasteiger partial charge in [-0.15, -0.1) is 0 Å². The fraction of sp³-hybridized carbons (Fsp3) is 0.304. The molecule has 0 atom stereocenters. The lowest BCUT2D eigenvalue weighted by atomic mass is 10.1. The Morgan fingerprint density at radius 3 is 2.65 bits per heavy atom. The zero-order chi connectivity index (χ0) is 21.6. The maximum Gasteiger partial charge on any atom is 0.270 e. The maximum absolute atomic E-state index is 13.0. The second-order valence-electron chi connectivity index (χ2n) is 7.24. The van der Waals surface area contributed by atoms with Crippen molar-refractivity contribution < 1.29 is 14.3 Å². The zero-order valence-corrected chi connectivity index (χ0v) is 18.1. The second-order valence-corrected chi connectivity index (χ2v) is 7.68. The van der Waals surface area contributed by atoms with Crippen LogP contribution in [-0.4, -0.2) is 67.1 Å². The number of amides is 1. The SMILES string of the molecule is COc1ccc(-c2cc(C(=O)NCCN3CCOCC3)n(-c3cccc(Cl)c3)n2)cc1. The average Bonchev–Trinajstić information content (AvgIpc) is 3.25. The van der Waals surface area contributed by atoms with Gasteiger partial charge in [0, 0.05) is 36.8 Å². The molecule has 4 rings (SSSR count). The van der Waals surface area contributed by atoms with Crippen molar-refractivity contribution in [2.24, 2.45) is 0 Å². The van der Waals surface area contributed by atoms with Crippen molar-refractivity contribution in [3.05, 3.63) is 65.3 Å². The zero-order valence-electron chi connectivity index (χ0n) is 17.4. The van der Waals surface area contributed by atoms with Crippen LogP contribution in [0.4, 0.5) is 0 Å². The molecule has 0 saturated carbocycles. The Labute approximate surface area is 186 Å². The van der Waals surface area contributed by atoms with Crippen LogP contribution in [0.1, 0.15) is 10.5 Å². The number of morpholine rings is 1. The van der Waals surface area contributed by atoms with E-state index in [1.165, 1.54) is 0 Å². The molecule has 0 unspecified atom stereocenters. The van der Waals surface area contributed by atoms with E-state index >= 15 is 0 Å². The average molecular weight is 441 g/mol. The Bertz CT molecular complexity index is 1030. The lowest BCUT2D eigenvalue weighted by Crippen LogP contribution is -2.41. The van der Waals surface area contributed by atoms with Crippen LogP contribution in [0, 0.1) is 0 Å². The van der Waals surface area contributed by atoms with E-state index in [4.69, 9.17) is 26.2 Å². The Morgan fingerprint density at radius 2 is 1.94 bits per heavy atom. The third kappa shape index (κ3) is 5.25. The van der Waals surface area contributed by atoms with Crippen LogP contribution in [-0.2, 0) is 4.74 Å². The Balaban J connectivity index is 1.57. The number of hydrogen-bond donors (Lipinski definition) is 1. The molecular formula is C23H25ClN4O3. The van der Waals surface area contributed by atoms with Gasteiger partial charge in [-0.1, -0.05) is 17.7 Å². The molecule has 0 radical (unpaired) electrons. The molecule has 1 aromatic heterocycles. The fourth-order valence-electron chi connectivity index (χ4n) is 3.49. The molecule has 1 N–H and O–H groups in total. The molecule has 1 saturated heterocycles. The van der Waals surface area contributed by atoms with Gasteiger partial charge in [-0.2, -0.15) is 5.10 Å². The van der Waals surface area contributed by atoms with E-state index in [-0.39, 0.29) is 5.91 Å². The lowest BCUT2D eigenvalue weighted by Gasteiger charge is -2.26. The number of hydrogen-bond acceptors (Lipinski definition) is 5. The van der Waals surface area contributed by atoms with E-state index in [9.17, 15) is 4.79 Å². The number of benzene rings is 2. The van der Waals surface area contributed by atoms with E-state index in [0.717, 1.165) is 49.8 Å². The van der Waals surface area contributed by atoms with Crippen molar-refractivity contribution in [1.82, 2.24) is 20.0 Å². The highest BCUT2D eigenvalue weighted by molar-refractivity contribution is 6.30. The van der Waals surface area contributed by atoms with E-state index in [1.807, 2.05) is 36.4 Å². The van der Waals surface area contributed by atoms with Crippen molar-refractivity contribution in [3.8, 4) is 22.7 Å². The third-order valence-corrected chi connectivity index (χ3v) is 5.43. The molecule has 3 aromatic rings. The molecule has 1 aliphatic heterocycles. The minimum absolute atomic E-state index is 0.180. The summed E-state index contributed by atoms with van der Waals surface area (Å²) in [7, 11) is 1.63. The van der Waals surface area contributed by atoms with Crippen LogP contribution in [0.5, 0.6) is 5.75 Å². The number of nitrogens with zero attached hydrogens (tertiary/aromatic N) is 3. The highest BCUT2D eigenvalue weighted by Gasteiger charge is 2.18.